The number of hydrogen-bond donors (Lipinski definition) is 1. The molecule has 1 atom stereocenters. The molecule has 4 heteroatoms. The number of hydrogen-bond acceptors (Lipinski definition) is 4. The van der Waals surface area contributed by atoms with Crippen molar-refractivity contribution in [3.8, 4) is 0 Å². The van der Waals surface area contributed by atoms with Crippen LogP contribution in [0.5, 0.6) is 0 Å². The van der Waals surface area contributed by atoms with Gasteiger partial charge in [0.25, 0.3) is 0 Å². The van der Waals surface area contributed by atoms with E-state index in [1.165, 1.54) is 12.8 Å². The Bertz CT molecular complexity index is 153. The fraction of sp³-hybridized carbons (Fsp3) is 1.00. The summed E-state index contributed by atoms with van der Waals surface area (Å²) >= 11 is 0. The fourth-order valence-corrected chi connectivity index (χ4v) is 1.82. The maximum Gasteiger partial charge on any atom is 0.169 e. The second-order valence-electron chi connectivity index (χ2n) is 3.82. The van der Waals surface area contributed by atoms with Gasteiger partial charge in [0, 0.05) is 19.7 Å². The second-order valence-corrected chi connectivity index (χ2v) is 3.82. The summed E-state index contributed by atoms with van der Waals surface area (Å²) in [6.07, 6.45) is 3.74. The molecule has 0 aromatic rings. The van der Waals surface area contributed by atoms with Crippen LogP contribution in [-0.4, -0.2) is 45.3 Å². The zero-order valence-corrected chi connectivity index (χ0v) is 8.54. The Morgan fingerprint density at radius 2 is 1.71 bits per heavy atom. The van der Waals surface area contributed by atoms with Crippen molar-refractivity contribution in [1.82, 2.24) is 5.32 Å². The summed E-state index contributed by atoms with van der Waals surface area (Å²) in [6, 6.07) is 0. The van der Waals surface area contributed by atoms with E-state index in [4.69, 9.17) is 14.2 Å². The minimum absolute atomic E-state index is 0.0508. The lowest BCUT2D eigenvalue weighted by Crippen LogP contribution is -2.38. The molecule has 1 N–H and O–H groups in total. The first kappa shape index (κ1) is 10.4. The summed E-state index contributed by atoms with van der Waals surface area (Å²) in [4.78, 5) is 0. The molecule has 0 aromatic carbocycles. The van der Waals surface area contributed by atoms with Crippen LogP contribution >= 0.6 is 0 Å². The molecule has 0 amide bonds. The first-order valence-corrected chi connectivity index (χ1v) is 5.50. The molecule has 2 saturated heterocycles. The van der Waals surface area contributed by atoms with E-state index in [1.807, 2.05) is 0 Å². The maximum absolute atomic E-state index is 5.50. The van der Waals surface area contributed by atoms with Gasteiger partial charge in [0.2, 0.25) is 0 Å². The third-order valence-electron chi connectivity index (χ3n) is 2.60. The highest BCUT2D eigenvalue weighted by molar-refractivity contribution is 4.68. The van der Waals surface area contributed by atoms with E-state index in [0.29, 0.717) is 6.10 Å². The van der Waals surface area contributed by atoms with E-state index in [2.05, 4.69) is 5.32 Å². The maximum atomic E-state index is 5.50. The highest BCUT2D eigenvalue weighted by atomic mass is 16.7. The number of ether oxygens (including phenoxy) is 3. The molecule has 4 nitrogen and oxygen atoms in total. The first-order chi connectivity index (χ1) is 6.95. The third kappa shape index (κ3) is 3.20. The Morgan fingerprint density at radius 3 is 2.43 bits per heavy atom. The van der Waals surface area contributed by atoms with E-state index in [1.54, 1.807) is 0 Å². The van der Waals surface area contributed by atoms with Crippen molar-refractivity contribution in [2.24, 2.45) is 0 Å². The van der Waals surface area contributed by atoms with Crippen LogP contribution in [-0.2, 0) is 14.2 Å². The van der Waals surface area contributed by atoms with Crippen LogP contribution in [0, 0.1) is 0 Å². The molecule has 0 aliphatic carbocycles. The summed E-state index contributed by atoms with van der Waals surface area (Å²) in [5, 5.41) is 3.32. The minimum atomic E-state index is -0.0508. The van der Waals surface area contributed by atoms with Gasteiger partial charge in [0.15, 0.2) is 6.29 Å². The van der Waals surface area contributed by atoms with Gasteiger partial charge < -0.3 is 19.5 Å². The zero-order valence-electron chi connectivity index (χ0n) is 8.54. The van der Waals surface area contributed by atoms with Crippen molar-refractivity contribution in [3.05, 3.63) is 0 Å². The molecule has 14 heavy (non-hydrogen) atoms. The quantitative estimate of drug-likeness (QED) is 0.719. The van der Waals surface area contributed by atoms with Crippen LogP contribution in [0.15, 0.2) is 0 Å². The molecule has 1 unspecified atom stereocenters. The summed E-state index contributed by atoms with van der Waals surface area (Å²) in [7, 11) is 0. The Balaban J connectivity index is 1.52. The molecule has 0 aromatic heterocycles. The van der Waals surface area contributed by atoms with Gasteiger partial charge in [-0.05, 0) is 19.3 Å². The van der Waals surface area contributed by atoms with Crippen molar-refractivity contribution in [2.75, 3.05) is 32.9 Å². The standard InChI is InChI=1S/C10H19NO3/c1-3-9(12-4-1)7-11-8-10-13-5-2-6-14-10/h9-11H,1-8H2. The van der Waals surface area contributed by atoms with Gasteiger partial charge in [-0.2, -0.15) is 0 Å². The molecule has 0 saturated carbocycles. The molecule has 2 fully saturated rings. The lowest BCUT2D eigenvalue weighted by atomic mass is 10.2. The van der Waals surface area contributed by atoms with Crippen LogP contribution in [0.2, 0.25) is 0 Å². The van der Waals surface area contributed by atoms with Gasteiger partial charge in [-0.15, -0.1) is 0 Å². The summed E-state index contributed by atoms with van der Waals surface area (Å²) in [6.45, 7) is 4.27. The van der Waals surface area contributed by atoms with Crippen LogP contribution in [0.1, 0.15) is 19.3 Å². The third-order valence-corrected chi connectivity index (χ3v) is 2.60. The first-order valence-electron chi connectivity index (χ1n) is 5.50. The molecular formula is C10H19NO3. The topological polar surface area (TPSA) is 39.7 Å². The van der Waals surface area contributed by atoms with Crippen LogP contribution in [0.3, 0.4) is 0 Å². The average molecular weight is 201 g/mol. The Hall–Kier alpha value is -0.160. The Morgan fingerprint density at radius 1 is 0.929 bits per heavy atom. The van der Waals surface area contributed by atoms with Gasteiger partial charge in [-0.3, -0.25) is 0 Å². The van der Waals surface area contributed by atoms with E-state index in [0.717, 1.165) is 39.3 Å². The predicted octanol–water partition coefficient (Wildman–Crippen LogP) is 0.518. The normalized spacial score (nSPS) is 29.6. The van der Waals surface area contributed by atoms with Gasteiger partial charge in [0.05, 0.1) is 19.3 Å². The van der Waals surface area contributed by atoms with Crippen molar-refractivity contribution >= 4 is 0 Å². The van der Waals surface area contributed by atoms with Crippen molar-refractivity contribution < 1.29 is 14.2 Å². The Kier molecular flexibility index (Phi) is 4.19. The second kappa shape index (κ2) is 5.66. The highest BCUT2D eigenvalue weighted by Gasteiger charge is 2.17. The molecule has 2 rings (SSSR count). The van der Waals surface area contributed by atoms with E-state index >= 15 is 0 Å². The lowest BCUT2D eigenvalue weighted by Gasteiger charge is -2.23. The molecule has 0 bridgehead atoms. The Labute approximate surface area is 84.9 Å². The molecule has 2 aliphatic rings. The predicted molar refractivity (Wildman–Crippen MR) is 52.2 cm³/mol. The van der Waals surface area contributed by atoms with Crippen LogP contribution in [0.4, 0.5) is 0 Å². The smallest absolute Gasteiger partial charge is 0.169 e. The van der Waals surface area contributed by atoms with Crippen LogP contribution < -0.4 is 5.32 Å². The van der Waals surface area contributed by atoms with E-state index in [-0.39, 0.29) is 6.29 Å². The van der Waals surface area contributed by atoms with Gasteiger partial charge >= 0.3 is 0 Å². The van der Waals surface area contributed by atoms with Crippen molar-refractivity contribution in [2.45, 2.75) is 31.7 Å². The monoisotopic (exact) mass is 201 g/mol. The molecular weight excluding hydrogens is 182 g/mol. The highest BCUT2D eigenvalue weighted by Crippen LogP contribution is 2.10. The number of nitrogens with one attached hydrogen (secondary N) is 1. The minimum Gasteiger partial charge on any atom is -0.377 e. The molecule has 2 heterocycles. The van der Waals surface area contributed by atoms with Crippen LogP contribution in [0.25, 0.3) is 0 Å². The fourth-order valence-electron chi connectivity index (χ4n) is 1.82. The largest absolute Gasteiger partial charge is 0.377 e. The van der Waals surface area contributed by atoms with Crippen molar-refractivity contribution in [1.29, 1.82) is 0 Å². The zero-order chi connectivity index (χ0) is 9.64. The summed E-state index contributed by atoms with van der Waals surface area (Å²) in [5.74, 6) is 0. The van der Waals surface area contributed by atoms with E-state index < -0.39 is 0 Å². The SMILES string of the molecule is C1COC(CNCC2CCCO2)OC1. The molecule has 0 spiro atoms. The van der Waals surface area contributed by atoms with E-state index in [9.17, 15) is 0 Å². The van der Waals surface area contributed by atoms with Gasteiger partial charge in [-0.1, -0.05) is 0 Å². The molecule has 2 aliphatic heterocycles. The number of rotatable bonds is 4. The molecule has 82 valence electrons. The lowest BCUT2D eigenvalue weighted by molar-refractivity contribution is -0.175. The van der Waals surface area contributed by atoms with Gasteiger partial charge in [-0.25, -0.2) is 0 Å². The summed E-state index contributed by atoms with van der Waals surface area (Å²) in [5.41, 5.74) is 0. The molecule has 0 radical (unpaired) electrons. The summed E-state index contributed by atoms with van der Waals surface area (Å²) < 4.78 is 16.3. The van der Waals surface area contributed by atoms with Crippen molar-refractivity contribution in [3.63, 3.8) is 0 Å². The van der Waals surface area contributed by atoms with Gasteiger partial charge in [0.1, 0.15) is 0 Å². The average Bonchev–Trinajstić information content (AvgIpc) is 2.72.